The van der Waals surface area contributed by atoms with Crippen LogP contribution < -0.4 is 4.74 Å². The maximum Gasteiger partial charge on any atom is 0.146 e. The van der Waals surface area contributed by atoms with Crippen LogP contribution >= 0.6 is 0 Å². The predicted molar refractivity (Wildman–Crippen MR) is 60.6 cm³/mol. The normalized spacial score (nSPS) is 14.4. The van der Waals surface area contributed by atoms with Crippen LogP contribution in [0.3, 0.4) is 0 Å². The molecule has 1 aliphatic rings. The largest absolute Gasteiger partial charge is 0.508 e. The van der Waals surface area contributed by atoms with Gasteiger partial charge in [0.25, 0.3) is 0 Å². The first-order chi connectivity index (χ1) is 7.68. The van der Waals surface area contributed by atoms with Gasteiger partial charge in [0, 0.05) is 6.07 Å². The zero-order chi connectivity index (χ0) is 11.8. The Labute approximate surface area is 95.8 Å². The van der Waals surface area contributed by atoms with Crippen molar-refractivity contribution in [2.75, 3.05) is 20.0 Å². The summed E-state index contributed by atoms with van der Waals surface area (Å²) in [7, 11) is 0. The molecule has 2 rings (SSSR count). The molecule has 0 saturated carbocycles. The molecule has 0 spiro atoms. The molecule has 16 heavy (non-hydrogen) atoms. The molecule has 1 aromatic carbocycles. The van der Waals surface area contributed by atoms with Crippen molar-refractivity contribution in [1.82, 2.24) is 0 Å². The average Bonchev–Trinajstić information content (AvgIpc) is 2.73. The summed E-state index contributed by atoms with van der Waals surface area (Å²) in [4.78, 5) is 0. The molecular formula is C12H18O4. The first-order valence-corrected chi connectivity index (χ1v) is 5.29. The van der Waals surface area contributed by atoms with Crippen LogP contribution in [0.25, 0.3) is 0 Å². The summed E-state index contributed by atoms with van der Waals surface area (Å²) >= 11 is 0. The Morgan fingerprint density at radius 3 is 2.38 bits per heavy atom. The minimum atomic E-state index is 0.150. The highest BCUT2D eigenvalue weighted by atomic mass is 16.7. The first-order valence-electron chi connectivity index (χ1n) is 5.29. The molecule has 1 N–H and O–H groups in total. The second-order valence-electron chi connectivity index (χ2n) is 3.60. The summed E-state index contributed by atoms with van der Waals surface area (Å²) < 4.78 is 14.8. The summed E-state index contributed by atoms with van der Waals surface area (Å²) in [5.74, 6) is 0.947. The van der Waals surface area contributed by atoms with Crippen LogP contribution in [0.4, 0.5) is 0 Å². The Bertz CT molecular complexity index is 287. The van der Waals surface area contributed by atoms with Gasteiger partial charge in [0.15, 0.2) is 0 Å². The SMILES string of the molecule is C1COCO1.CC(C)Oc1cccc(O)c1. The molecule has 0 unspecified atom stereocenters. The molecule has 0 bridgehead atoms. The van der Waals surface area contributed by atoms with Gasteiger partial charge in [-0.05, 0) is 26.0 Å². The van der Waals surface area contributed by atoms with Gasteiger partial charge < -0.3 is 19.3 Å². The molecule has 1 heterocycles. The van der Waals surface area contributed by atoms with Gasteiger partial charge >= 0.3 is 0 Å². The van der Waals surface area contributed by atoms with Gasteiger partial charge in [-0.3, -0.25) is 0 Å². The van der Waals surface area contributed by atoms with Crippen molar-refractivity contribution in [2.24, 2.45) is 0 Å². The molecule has 1 aromatic rings. The molecule has 1 aliphatic heterocycles. The highest BCUT2D eigenvalue weighted by Crippen LogP contribution is 2.18. The predicted octanol–water partition coefficient (Wildman–Crippen LogP) is 2.17. The van der Waals surface area contributed by atoms with Crippen LogP contribution in [0.5, 0.6) is 11.5 Å². The molecule has 1 fully saturated rings. The van der Waals surface area contributed by atoms with Crippen molar-refractivity contribution >= 4 is 0 Å². The second-order valence-corrected chi connectivity index (χ2v) is 3.60. The third-order valence-electron chi connectivity index (χ3n) is 1.73. The lowest BCUT2D eigenvalue weighted by atomic mass is 10.3. The minimum absolute atomic E-state index is 0.150. The number of rotatable bonds is 2. The zero-order valence-electron chi connectivity index (χ0n) is 9.68. The Kier molecular flexibility index (Phi) is 5.67. The highest BCUT2D eigenvalue weighted by molar-refractivity contribution is 5.31. The number of aromatic hydroxyl groups is 1. The minimum Gasteiger partial charge on any atom is -0.508 e. The molecule has 90 valence electrons. The molecule has 4 nitrogen and oxygen atoms in total. The molecule has 0 atom stereocenters. The van der Waals surface area contributed by atoms with Crippen LogP contribution in [0.1, 0.15) is 13.8 Å². The monoisotopic (exact) mass is 226 g/mol. The van der Waals surface area contributed by atoms with E-state index in [1.54, 1.807) is 18.2 Å². The van der Waals surface area contributed by atoms with E-state index in [1.807, 2.05) is 19.9 Å². The van der Waals surface area contributed by atoms with Crippen LogP contribution in [0, 0.1) is 0 Å². The Hall–Kier alpha value is -1.26. The van der Waals surface area contributed by atoms with Crippen LogP contribution in [-0.2, 0) is 9.47 Å². The maximum atomic E-state index is 9.05. The lowest BCUT2D eigenvalue weighted by Gasteiger charge is -2.08. The van der Waals surface area contributed by atoms with E-state index in [1.165, 1.54) is 0 Å². The van der Waals surface area contributed by atoms with Gasteiger partial charge in [-0.1, -0.05) is 6.07 Å². The fraction of sp³-hybridized carbons (Fsp3) is 0.500. The first kappa shape index (κ1) is 12.8. The summed E-state index contributed by atoms with van der Waals surface area (Å²) in [5.41, 5.74) is 0. The van der Waals surface area contributed by atoms with Crippen molar-refractivity contribution < 1.29 is 19.3 Å². The van der Waals surface area contributed by atoms with E-state index < -0.39 is 0 Å². The smallest absolute Gasteiger partial charge is 0.146 e. The van der Waals surface area contributed by atoms with E-state index in [0.29, 0.717) is 12.5 Å². The van der Waals surface area contributed by atoms with Crippen molar-refractivity contribution in [2.45, 2.75) is 20.0 Å². The zero-order valence-corrected chi connectivity index (χ0v) is 9.68. The number of phenols is 1. The summed E-state index contributed by atoms with van der Waals surface area (Å²) in [5, 5.41) is 9.05. The molecule has 0 aromatic heterocycles. The van der Waals surface area contributed by atoms with E-state index in [0.717, 1.165) is 13.2 Å². The summed E-state index contributed by atoms with van der Waals surface area (Å²) in [6, 6.07) is 6.79. The maximum absolute atomic E-state index is 9.05. The number of hydrogen-bond acceptors (Lipinski definition) is 4. The lowest BCUT2D eigenvalue weighted by molar-refractivity contribution is 0.0692. The fourth-order valence-electron chi connectivity index (χ4n) is 1.12. The van der Waals surface area contributed by atoms with Crippen LogP contribution in [0.15, 0.2) is 24.3 Å². The van der Waals surface area contributed by atoms with Gasteiger partial charge in [0.05, 0.1) is 19.3 Å². The average molecular weight is 226 g/mol. The molecule has 0 radical (unpaired) electrons. The number of phenolic OH excluding ortho intramolecular Hbond substituents is 1. The third kappa shape index (κ3) is 5.58. The fourth-order valence-corrected chi connectivity index (χ4v) is 1.12. The Balaban J connectivity index is 0.000000212. The molecule has 0 amide bonds. The standard InChI is InChI=1S/C9H12O2.C3H6O2/c1-7(2)11-9-5-3-4-8(10)6-9;1-2-5-3-4-1/h3-7,10H,1-2H3;1-3H2. The molecule has 1 saturated heterocycles. The van der Waals surface area contributed by atoms with Gasteiger partial charge in [-0.25, -0.2) is 0 Å². The van der Waals surface area contributed by atoms with E-state index in [-0.39, 0.29) is 11.9 Å². The summed E-state index contributed by atoms with van der Waals surface area (Å²) in [6.07, 6.45) is 0.150. The highest BCUT2D eigenvalue weighted by Gasteiger charge is 1.96. The Morgan fingerprint density at radius 2 is 1.94 bits per heavy atom. The molecule has 0 aliphatic carbocycles. The van der Waals surface area contributed by atoms with Gasteiger partial charge in [-0.15, -0.1) is 0 Å². The van der Waals surface area contributed by atoms with Crippen LogP contribution in [0.2, 0.25) is 0 Å². The molecule has 4 heteroatoms. The molecular weight excluding hydrogens is 208 g/mol. The van der Waals surface area contributed by atoms with Crippen molar-refractivity contribution in [3.8, 4) is 11.5 Å². The van der Waals surface area contributed by atoms with Gasteiger partial charge in [-0.2, -0.15) is 0 Å². The number of benzene rings is 1. The third-order valence-corrected chi connectivity index (χ3v) is 1.73. The van der Waals surface area contributed by atoms with E-state index >= 15 is 0 Å². The van der Waals surface area contributed by atoms with Crippen molar-refractivity contribution in [3.05, 3.63) is 24.3 Å². The lowest BCUT2D eigenvalue weighted by Crippen LogP contribution is -2.04. The quantitative estimate of drug-likeness (QED) is 0.839. The number of ether oxygens (including phenoxy) is 3. The van der Waals surface area contributed by atoms with Crippen LogP contribution in [-0.4, -0.2) is 31.2 Å². The van der Waals surface area contributed by atoms with E-state index in [4.69, 9.17) is 19.3 Å². The van der Waals surface area contributed by atoms with E-state index in [9.17, 15) is 0 Å². The Morgan fingerprint density at radius 1 is 1.25 bits per heavy atom. The van der Waals surface area contributed by atoms with Gasteiger partial charge in [0.2, 0.25) is 0 Å². The van der Waals surface area contributed by atoms with Gasteiger partial charge in [0.1, 0.15) is 18.3 Å². The topological polar surface area (TPSA) is 47.9 Å². The van der Waals surface area contributed by atoms with Crippen molar-refractivity contribution in [3.63, 3.8) is 0 Å². The number of hydrogen-bond donors (Lipinski definition) is 1. The summed E-state index contributed by atoms with van der Waals surface area (Å²) in [6.45, 7) is 5.95. The van der Waals surface area contributed by atoms with Crippen molar-refractivity contribution in [1.29, 1.82) is 0 Å². The van der Waals surface area contributed by atoms with E-state index in [2.05, 4.69) is 0 Å². The second kappa shape index (κ2) is 7.09.